The van der Waals surface area contributed by atoms with Crippen molar-refractivity contribution in [3.63, 3.8) is 0 Å². The molecule has 1 aliphatic rings. The summed E-state index contributed by atoms with van der Waals surface area (Å²) in [6.45, 7) is 68.5. The zero-order valence-corrected chi connectivity index (χ0v) is 75.6. The van der Waals surface area contributed by atoms with Crippen molar-refractivity contribution < 1.29 is 80.3 Å². The fourth-order valence-electron chi connectivity index (χ4n) is 11.5. The first-order chi connectivity index (χ1) is 46.9. The van der Waals surface area contributed by atoms with Crippen LogP contribution in [0.2, 0.25) is 0 Å². The summed E-state index contributed by atoms with van der Waals surface area (Å²) in [5, 5.41) is 0. The Balaban J connectivity index is 0. The number of halogens is 2. The first-order valence-corrected chi connectivity index (χ1v) is 39.5. The van der Waals surface area contributed by atoms with Crippen LogP contribution in [0.25, 0.3) is 22.3 Å². The van der Waals surface area contributed by atoms with E-state index in [-0.39, 0.29) is 56.6 Å². The number of methoxy groups -OCH3 is 4. The van der Waals surface area contributed by atoms with Crippen molar-refractivity contribution >= 4 is 38.5 Å². The van der Waals surface area contributed by atoms with Crippen LogP contribution in [0.15, 0.2) is 95.5 Å². The van der Waals surface area contributed by atoms with Crippen LogP contribution in [0.5, 0.6) is 23.0 Å². The van der Waals surface area contributed by atoms with Crippen LogP contribution in [0, 0.1) is 43.4 Å². The molecule has 0 saturated carbocycles. The Hall–Kier alpha value is -3.30. The van der Waals surface area contributed by atoms with Gasteiger partial charge >= 0.3 is 56.6 Å². The second-order valence-electron chi connectivity index (χ2n) is 30.7. The van der Waals surface area contributed by atoms with E-state index >= 15 is 0 Å². The zero-order chi connectivity index (χ0) is 76.2. The molecule has 1 heterocycles. The molecule has 10 heteroatoms. The molecule has 0 atom stereocenters. The SMILES string of the molecule is C1CCOC1.CC(C)c1[c-]c(C(C)C)cc(C(C)C)c1.CC(C)c1cc(C(C)C)c(Br)c(C(C)C)c1.COc1[c-]c(-c2c(C(C)C)cc(C(C)C)cc2C(C)C)c(C)cc1.COc1ccc(C)c(-c2c(C(C)C)cc(C(C)C)cc2C(C)C)c1I.COc1ccc(OC)c(C)c1.[CH2-]CCC.[Li+].[Li+].[Li+]. The van der Waals surface area contributed by atoms with Crippen molar-refractivity contribution in [2.24, 2.45) is 0 Å². The molecular formula is C93H137BrILi3O5. The summed E-state index contributed by atoms with van der Waals surface area (Å²) in [4.78, 5) is 0. The van der Waals surface area contributed by atoms with Gasteiger partial charge in [-0.1, -0.05) is 268 Å². The summed E-state index contributed by atoms with van der Waals surface area (Å²) in [5.41, 5.74) is 26.0. The van der Waals surface area contributed by atoms with Gasteiger partial charge in [0.2, 0.25) is 0 Å². The Kier molecular flexibility index (Phi) is 50.5. The minimum absolute atomic E-state index is 0. The predicted molar refractivity (Wildman–Crippen MR) is 451 cm³/mol. The summed E-state index contributed by atoms with van der Waals surface area (Å²) in [7, 11) is 6.78. The monoisotopic (exact) mass is 1560 g/mol. The van der Waals surface area contributed by atoms with Crippen molar-refractivity contribution in [1.29, 1.82) is 0 Å². The summed E-state index contributed by atoms with van der Waals surface area (Å²) in [6.07, 6.45) is 4.83. The van der Waals surface area contributed by atoms with Crippen LogP contribution < -0.4 is 75.5 Å². The van der Waals surface area contributed by atoms with Crippen LogP contribution in [-0.2, 0) is 4.74 Å². The molecule has 0 spiro atoms. The second-order valence-corrected chi connectivity index (χ2v) is 32.6. The van der Waals surface area contributed by atoms with Crippen LogP contribution >= 0.6 is 38.5 Å². The number of hydrogen-bond donors (Lipinski definition) is 0. The number of ether oxygens (including phenoxy) is 5. The first-order valence-electron chi connectivity index (χ1n) is 37.6. The van der Waals surface area contributed by atoms with Crippen LogP contribution in [0.1, 0.15) is 353 Å². The van der Waals surface area contributed by atoms with Crippen molar-refractivity contribution in [3.05, 3.63) is 202 Å². The van der Waals surface area contributed by atoms with Gasteiger partial charge in [0, 0.05) is 29.0 Å². The van der Waals surface area contributed by atoms with Gasteiger partial charge in [0.1, 0.15) is 17.2 Å². The quantitative estimate of drug-likeness (QED) is 0.0459. The van der Waals surface area contributed by atoms with Crippen molar-refractivity contribution in [1.82, 2.24) is 0 Å². The Bertz CT molecular complexity index is 3390. The van der Waals surface area contributed by atoms with E-state index in [0.29, 0.717) is 71.0 Å². The zero-order valence-electron chi connectivity index (χ0n) is 71.8. The summed E-state index contributed by atoms with van der Waals surface area (Å²) in [5.74, 6) is 9.97. The molecule has 0 aliphatic carbocycles. The molecule has 0 N–H and O–H groups in total. The maximum atomic E-state index is 5.62. The smallest absolute Gasteiger partial charge is 0.516 e. The van der Waals surface area contributed by atoms with E-state index in [2.05, 4.69) is 311 Å². The first kappa shape index (κ1) is 102. The molecular weight excluding hydrogens is 1420 g/mol. The Morgan fingerprint density at radius 3 is 1.05 bits per heavy atom. The topological polar surface area (TPSA) is 46.2 Å². The number of hydrogen-bond acceptors (Lipinski definition) is 5. The van der Waals surface area contributed by atoms with Crippen molar-refractivity contribution in [3.8, 4) is 45.3 Å². The third kappa shape index (κ3) is 32.0. The Morgan fingerprint density at radius 2 is 0.748 bits per heavy atom. The largest absolute Gasteiger partial charge is 1.00 e. The van der Waals surface area contributed by atoms with Crippen LogP contribution in [0.4, 0.5) is 0 Å². The molecule has 1 saturated heterocycles. The molecule has 7 aromatic rings. The molecule has 0 bridgehead atoms. The average Bonchev–Trinajstić information content (AvgIpc) is 1.03. The third-order valence-electron chi connectivity index (χ3n) is 18.3. The van der Waals surface area contributed by atoms with Crippen LogP contribution in [-0.4, -0.2) is 41.7 Å². The van der Waals surface area contributed by atoms with Gasteiger partial charge < -0.3 is 30.6 Å². The Labute approximate surface area is 691 Å². The molecule has 0 unspecified atom stereocenters. The molecule has 5 nitrogen and oxygen atoms in total. The average molecular weight is 1560 g/mol. The van der Waals surface area contributed by atoms with Crippen LogP contribution in [0.3, 0.4) is 0 Å². The summed E-state index contributed by atoms with van der Waals surface area (Å²) >= 11 is 6.21. The van der Waals surface area contributed by atoms with Gasteiger partial charge in [-0.05, 0) is 200 Å². The van der Waals surface area contributed by atoms with Crippen molar-refractivity contribution in [2.45, 2.75) is 291 Å². The van der Waals surface area contributed by atoms with Gasteiger partial charge in [-0.2, -0.15) is 41.3 Å². The fraction of sp³-hybridized carbons (Fsp3) is 0.538. The van der Waals surface area contributed by atoms with Crippen molar-refractivity contribution in [2.75, 3.05) is 41.7 Å². The van der Waals surface area contributed by atoms with Gasteiger partial charge in [0.25, 0.3) is 0 Å². The minimum Gasteiger partial charge on any atom is -0.516 e. The van der Waals surface area contributed by atoms with E-state index in [1.165, 1.54) is 127 Å². The number of benzene rings is 7. The molecule has 103 heavy (non-hydrogen) atoms. The van der Waals surface area contributed by atoms with E-state index < -0.39 is 0 Å². The van der Waals surface area contributed by atoms with E-state index in [0.717, 1.165) is 48.2 Å². The molecule has 1 aliphatic heterocycles. The maximum absolute atomic E-state index is 5.62. The molecule has 1 fully saturated rings. The van der Waals surface area contributed by atoms with E-state index in [4.69, 9.17) is 23.7 Å². The summed E-state index contributed by atoms with van der Waals surface area (Å²) in [6, 6.07) is 40.1. The summed E-state index contributed by atoms with van der Waals surface area (Å²) < 4.78 is 28.6. The number of unbranched alkanes of at least 4 members (excludes halogenated alkanes) is 1. The van der Waals surface area contributed by atoms with E-state index in [1.54, 1.807) is 28.4 Å². The van der Waals surface area contributed by atoms with Gasteiger partial charge in [-0.15, -0.1) is 23.3 Å². The van der Waals surface area contributed by atoms with Gasteiger partial charge in [-0.3, -0.25) is 0 Å². The fourth-order valence-corrected chi connectivity index (χ4v) is 13.7. The van der Waals surface area contributed by atoms with Gasteiger partial charge in [-0.25, -0.2) is 0 Å². The number of rotatable bonds is 19. The van der Waals surface area contributed by atoms with Gasteiger partial charge in [0.15, 0.2) is 0 Å². The Morgan fingerprint density at radius 1 is 0.398 bits per heavy atom. The molecule has 7 aromatic carbocycles. The van der Waals surface area contributed by atoms with E-state index in [1.807, 2.05) is 31.2 Å². The predicted octanol–water partition coefficient (Wildman–Crippen LogP) is 20.6. The minimum atomic E-state index is 0. The molecule has 556 valence electrons. The molecule has 0 aromatic heterocycles. The van der Waals surface area contributed by atoms with Gasteiger partial charge in [0.05, 0.1) is 32.0 Å². The standard InChI is InChI=1S/C23H31IO.C23H31O.C15H23Br.C15H23.C9H12O2.C4H8O.C4H9.3Li/c1-13(2)17-11-18(14(3)4)22(19(12-17)15(5)6)21-16(7)9-10-20(25-8)23(21)24;1-14(2)18-11-20(15(3)4)23(21(12-18)16(5)6)22-13-19(24-8)10-9-17(22)7;1-9(2)12-7-13(10(3)4)15(16)14(8-12)11(5)6;1-10(2)13-7-14(11(3)4)9-15(8-13)12(5)6;1-7-6-8(10-2)4-5-9(7)11-3;1-2-4-5-3-1;1-3-4-2;;;/h9-15H,1-8H3;9-12,14-16H,1-8H3;7-11H,1-6H3;7-8,10-12H,1-6H3;4-6H,1-3H3;1-4H2;1,3-4H2,2H3;;;/q;-1;;-1;;;-1;3*+1. The molecule has 0 radical (unpaired) electrons. The third-order valence-corrected chi connectivity index (χ3v) is 20.3. The van der Waals surface area contributed by atoms with E-state index in [9.17, 15) is 0 Å². The maximum Gasteiger partial charge on any atom is 1.00 e. The normalized spacial score (nSPS) is 11.6. The second kappa shape index (κ2) is 51.2. The number of aryl methyl sites for hydroxylation is 3. The molecule has 8 rings (SSSR count). The molecule has 0 amide bonds.